The fourth-order valence-electron chi connectivity index (χ4n) is 2.98. The van der Waals surface area contributed by atoms with Crippen LogP contribution in [0, 0.1) is 18.3 Å². The van der Waals surface area contributed by atoms with Crippen LogP contribution in [-0.2, 0) is 0 Å². The molecule has 20 heavy (non-hydrogen) atoms. The zero-order chi connectivity index (χ0) is 13.7. The summed E-state index contributed by atoms with van der Waals surface area (Å²) in [6.45, 7) is 2.14. The van der Waals surface area contributed by atoms with Gasteiger partial charge in [-0.3, -0.25) is 0 Å². The number of nitrogens with zero attached hydrogens (tertiary/aromatic N) is 1. The lowest BCUT2D eigenvalue weighted by Crippen LogP contribution is -1.83. The molecule has 0 spiro atoms. The number of hydrogen-bond acceptors (Lipinski definition) is 2. The van der Waals surface area contributed by atoms with E-state index >= 15 is 0 Å². The Morgan fingerprint density at radius 1 is 0.900 bits per heavy atom. The standard InChI is InChI=1S/C18H11NS/c1-11-9-16-13-6-2-3-7-14(13)17-12(10-19)5-4-8-15(17)18(16)20-11/h2-9H,1H3. The smallest absolute Gasteiger partial charge is 0.0998 e. The van der Waals surface area contributed by atoms with Crippen molar-refractivity contribution < 1.29 is 0 Å². The summed E-state index contributed by atoms with van der Waals surface area (Å²) in [5, 5.41) is 15.4. The highest BCUT2D eigenvalue weighted by Crippen LogP contribution is 2.40. The molecule has 94 valence electrons. The highest BCUT2D eigenvalue weighted by atomic mass is 32.1. The van der Waals surface area contributed by atoms with E-state index in [1.807, 2.05) is 18.2 Å². The molecule has 0 bridgehead atoms. The summed E-state index contributed by atoms with van der Waals surface area (Å²) in [7, 11) is 0. The molecule has 0 amide bonds. The minimum Gasteiger partial charge on any atom is -0.192 e. The number of benzene rings is 3. The zero-order valence-corrected chi connectivity index (χ0v) is 11.8. The van der Waals surface area contributed by atoms with Crippen LogP contribution in [0.1, 0.15) is 10.4 Å². The summed E-state index contributed by atoms with van der Waals surface area (Å²) < 4.78 is 1.29. The summed E-state index contributed by atoms with van der Waals surface area (Å²) in [4.78, 5) is 1.31. The SMILES string of the molecule is Cc1cc2c3ccccc3c3c(C#N)cccc3c2s1. The summed E-state index contributed by atoms with van der Waals surface area (Å²) in [5.74, 6) is 0. The van der Waals surface area contributed by atoms with Gasteiger partial charge in [-0.15, -0.1) is 11.3 Å². The highest BCUT2D eigenvalue weighted by molar-refractivity contribution is 7.20. The molecule has 3 aromatic carbocycles. The Kier molecular flexibility index (Phi) is 2.33. The van der Waals surface area contributed by atoms with Crippen molar-refractivity contribution in [1.82, 2.24) is 0 Å². The van der Waals surface area contributed by atoms with E-state index in [0.29, 0.717) is 0 Å². The van der Waals surface area contributed by atoms with Gasteiger partial charge < -0.3 is 0 Å². The van der Waals surface area contributed by atoms with Gasteiger partial charge >= 0.3 is 0 Å². The number of aryl methyl sites for hydroxylation is 1. The van der Waals surface area contributed by atoms with E-state index in [9.17, 15) is 5.26 Å². The average Bonchev–Trinajstić information content (AvgIpc) is 2.89. The largest absolute Gasteiger partial charge is 0.192 e. The fraction of sp³-hybridized carbons (Fsp3) is 0.0556. The molecule has 2 heteroatoms. The van der Waals surface area contributed by atoms with Crippen molar-refractivity contribution in [3.8, 4) is 6.07 Å². The van der Waals surface area contributed by atoms with Gasteiger partial charge in [0.2, 0.25) is 0 Å². The van der Waals surface area contributed by atoms with Crippen molar-refractivity contribution >= 4 is 43.0 Å². The molecule has 0 fully saturated rings. The predicted molar refractivity (Wildman–Crippen MR) is 86.3 cm³/mol. The third kappa shape index (κ3) is 1.41. The summed E-state index contributed by atoms with van der Waals surface area (Å²) in [5.41, 5.74) is 0.756. The van der Waals surface area contributed by atoms with Crippen LogP contribution in [0.3, 0.4) is 0 Å². The first kappa shape index (κ1) is 11.5. The maximum absolute atomic E-state index is 9.43. The Hall–Kier alpha value is -2.37. The van der Waals surface area contributed by atoms with Crippen molar-refractivity contribution in [2.45, 2.75) is 6.92 Å². The molecule has 0 N–H and O–H groups in total. The van der Waals surface area contributed by atoms with E-state index in [2.05, 4.69) is 43.3 Å². The van der Waals surface area contributed by atoms with E-state index < -0.39 is 0 Å². The Labute approximate surface area is 120 Å². The number of fused-ring (bicyclic) bond motifs is 6. The summed E-state index contributed by atoms with van der Waals surface area (Å²) in [6, 6.07) is 19.0. The molecule has 4 aromatic rings. The third-order valence-electron chi connectivity index (χ3n) is 3.77. The van der Waals surface area contributed by atoms with E-state index in [1.165, 1.54) is 31.1 Å². The first-order valence-electron chi connectivity index (χ1n) is 6.53. The lowest BCUT2D eigenvalue weighted by atomic mass is 9.96. The van der Waals surface area contributed by atoms with E-state index in [1.54, 1.807) is 11.3 Å². The van der Waals surface area contributed by atoms with Crippen molar-refractivity contribution in [2.24, 2.45) is 0 Å². The van der Waals surface area contributed by atoms with Crippen LogP contribution in [0.2, 0.25) is 0 Å². The maximum atomic E-state index is 9.43. The second-order valence-electron chi connectivity index (χ2n) is 4.99. The number of thiophene rings is 1. The Bertz CT molecular complexity index is 1020. The molecule has 0 radical (unpaired) electrons. The van der Waals surface area contributed by atoms with Gasteiger partial charge in [-0.2, -0.15) is 5.26 Å². The second-order valence-corrected chi connectivity index (χ2v) is 6.24. The van der Waals surface area contributed by atoms with Gasteiger partial charge in [0.05, 0.1) is 11.6 Å². The van der Waals surface area contributed by atoms with Crippen molar-refractivity contribution in [1.29, 1.82) is 5.26 Å². The second kappa shape index (κ2) is 4.06. The molecule has 1 nitrogen and oxygen atoms in total. The molecule has 1 heterocycles. The van der Waals surface area contributed by atoms with Gasteiger partial charge in [-0.05, 0) is 29.8 Å². The predicted octanol–water partition coefficient (Wildman–Crippen LogP) is 5.39. The molecule has 0 saturated heterocycles. The van der Waals surface area contributed by atoms with Crippen LogP contribution in [0.25, 0.3) is 31.6 Å². The lowest BCUT2D eigenvalue weighted by molar-refractivity contribution is 1.51. The molecule has 0 unspecified atom stereocenters. The van der Waals surface area contributed by atoms with Crippen molar-refractivity contribution in [2.75, 3.05) is 0 Å². The molecular formula is C18H11NS. The molecule has 0 aliphatic heterocycles. The van der Waals surface area contributed by atoms with Crippen LogP contribution < -0.4 is 0 Å². The van der Waals surface area contributed by atoms with Crippen molar-refractivity contribution in [3.63, 3.8) is 0 Å². The fourth-order valence-corrected chi connectivity index (χ4v) is 4.03. The van der Waals surface area contributed by atoms with E-state index in [-0.39, 0.29) is 0 Å². The van der Waals surface area contributed by atoms with Crippen molar-refractivity contribution in [3.05, 3.63) is 59.0 Å². The van der Waals surface area contributed by atoms with Crippen LogP contribution in [-0.4, -0.2) is 0 Å². The van der Waals surface area contributed by atoms with Gasteiger partial charge in [0.25, 0.3) is 0 Å². The minimum atomic E-state index is 0.756. The van der Waals surface area contributed by atoms with Gasteiger partial charge in [0, 0.05) is 25.7 Å². The van der Waals surface area contributed by atoms with Crippen LogP contribution in [0.5, 0.6) is 0 Å². The van der Waals surface area contributed by atoms with Gasteiger partial charge in [0.15, 0.2) is 0 Å². The quantitative estimate of drug-likeness (QED) is 0.394. The topological polar surface area (TPSA) is 23.8 Å². The van der Waals surface area contributed by atoms with Gasteiger partial charge in [0.1, 0.15) is 0 Å². The number of rotatable bonds is 0. The minimum absolute atomic E-state index is 0.756. The lowest BCUT2D eigenvalue weighted by Gasteiger charge is -2.08. The third-order valence-corrected chi connectivity index (χ3v) is 4.86. The first-order chi connectivity index (χ1) is 9.79. The summed E-state index contributed by atoms with van der Waals surface area (Å²) in [6.07, 6.45) is 0. The highest BCUT2D eigenvalue weighted by Gasteiger charge is 2.12. The maximum Gasteiger partial charge on any atom is 0.0998 e. The zero-order valence-electron chi connectivity index (χ0n) is 11.0. The van der Waals surface area contributed by atoms with E-state index in [0.717, 1.165) is 10.9 Å². The molecular weight excluding hydrogens is 262 g/mol. The first-order valence-corrected chi connectivity index (χ1v) is 7.35. The van der Waals surface area contributed by atoms with Crippen LogP contribution >= 0.6 is 11.3 Å². The molecule has 0 saturated carbocycles. The molecule has 4 rings (SSSR count). The molecule has 0 atom stereocenters. The normalized spacial score (nSPS) is 11.2. The van der Waals surface area contributed by atoms with Gasteiger partial charge in [-0.1, -0.05) is 36.4 Å². The Morgan fingerprint density at radius 3 is 2.45 bits per heavy atom. The van der Waals surface area contributed by atoms with Crippen LogP contribution in [0.4, 0.5) is 0 Å². The molecule has 0 aliphatic rings. The number of hydrogen-bond donors (Lipinski definition) is 0. The van der Waals surface area contributed by atoms with Crippen LogP contribution in [0.15, 0.2) is 48.5 Å². The summed E-state index contributed by atoms with van der Waals surface area (Å²) >= 11 is 1.81. The molecule has 1 aromatic heterocycles. The Balaban J connectivity index is 2.46. The molecule has 0 aliphatic carbocycles. The number of nitriles is 1. The Morgan fingerprint density at radius 2 is 1.65 bits per heavy atom. The monoisotopic (exact) mass is 273 g/mol. The van der Waals surface area contributed by atoms with E-state index in [4.69, 9.17) is 0 Å². The van der Waals surface area contributed by atoms with Gasteiger partial charge in [-0.25, -0.2) is 0 Å². The average molecular weight is 273 g/mol.